The summed E-state index contributed by atoms with van der Waals surface area (Å²) in [4.78, 5) is 10.1. The predicted molar refractivity (Wildman–Crippen MR) is 168 cm³/mol. The van der Waals surface area contributed by atoms with Crippen molar-refractivity contribution in [1.29, 1.82) is 0 Å². The molecule has 250 valence electrons. The number of phenols is 1. The minimum atomic E-state index is -5.27. The number of aryl methyl sites for hydroxylation is 1. The molecule has 1 heterocycles. The van der Waals surface area contributed by atoms with Crippen molar-refractivity contribution in [2.45, 2.75) is 21.6 Å². The molecular formula is C27H22FN7O10S3. The molecule has 5 aromatic rings. The van der Waals surface area contributed by atoms with Crippen molar-refractivity contribution in [2.75, 3.05) is 17.3 Å². The molecule has 0 unspecified atom stereocenters. The van der Waals surface area contributed by atoms with E-state index in [1.807, 2.05) is 0 Å². The van der Waals surface area contributed by atoms with Gasteiger partial charge in [0.1, 0.15) is 21.2 Å². The number of aromatic nitrogens is 3. The Balaban J connectivity index is 1.75. The third-order valence-electron chi connectivity index (χ3n) is 6.64. The standard InChI is InChI=1S/C27H22FN7O10S3/c1-14-8-9-20(47(40,41)42)18(10-14)33-34-23-21(48(43,44)45)12-15-11-17(46(37,38)39)13-19(22(15)24(23)36)29-26-30-25(28)31-27(32-26)35(2)16-6-4-3-5-7-16/h3-13,36H,1-2H3,(H,37,38,39)(H,40,41,42)(H,43,44,45)(H,29,30,31,32). The van der Waals surface area contributed by atoms with Crippen LogP contribution in [0.25, 0.3) is 10.8 Å². The number of nitrogens with zero attached hydrogens (tertiary/aromatic N) is 6. The summed E-state index contributed by atoms with van der Waals surface area (Å²) in [7, 11) is -13.6. The third kappa shape index (κ3) is 7.20. The van der Waals surface area contributed by atoms with Gasteiger partial charge in [-0.2, -0.15) is 44.6 Å². The van der Waals surface area contributed by atoms with Gasteiger partial charge >= 0.3 is 6.08 Å². The van der Waals surface area contributed by atoms with Gasteiger partial charge in [0.05, 0.1) is 10.6 Å². The Morgan fingerprint density at radius 2 is 1.46 bits per heavy atom. The highest BCUT2D eigenvalue weighted by Gasteiger charge is 2.26. The van der Waals surface area contributed by atoms with Gasteiger partial charge in [-0.05, 0) is 60.3 Å². The molecular weight excluding hydrogens is 698 g/mol. The fraction of sp³-hybridized carbons (Fsp3) is 0.0741. The number of benzene rings is 4. The molecule has 48 heavy (non-hydrogen) atoms. The number of phenolic OH excluding ortho intramolecular Hbond substituents is 1. The molecule has 0 fully saturated rings. The highest BCUT2D eigenvalue weighted by Crippen LogP contribution is 2.46. The number of rotatable bonds is 9. The number of fused-ring (bicyclic) bond motifs is 1. The molecule has 0 radical (unpaired) electrons. The lowest BCUT2D eigenvalue weighted by Crippen LogP contribution is -2.15. The van der Waals surface area contributed by atoms with E-state index in [4.69, 9.17) is 0 Å². The van der Waals surface area contributed by atoms with E-state index in [9.17, 15) is 48.4 Å². The van der Waals surface area contributed by atoms with Crippen molar-refractivity contribution in [3.63, 3.8) is 0 Å². The Morgan fingerprint density at radius 3 is 2.08 bits per heavy atom. The first kappa shape index (κ1) is 34.2. The molecule has 0 atom stereocenters. The summed E-state index contributed by atoms with van der Waals surface area (Å²) in [6.45, 7) is 1.54. The molecule has 5 N–H and O–H groups in total. The zero-order valence-electron chi connectivity index (χ0n) is 24.4. The summed E-state index contributed by atoms with van der Waals surface area (Å²) < 4.78 is 117. The van der Waals surface area contributed by atoms with Crippen LogP contribution in [0.2, 0.25) is 0 Å². The first-order valence-electron chi connectivity index (χ1n) is 13.1. The molecule has 0 amide bonds. The van der Waals surface area contributed by atoms with E-state index in [1.54, 1.807) is 37.3 Å². The number of nitrogens with one attached hydrogen (secondary N) is 1. The fourth-order valence-corrected chi connectivity index (χ4v) is 6.27. The zero-order valence-corrected chi connectivity index (χ0v) is 26.8. The van der Waals surface area contributed by atoms with Gasteiger partial charge < -0.3 is 15.3 Å². The van der Waals surface area contributed by atoms with Crippen LogP contribution in [-0.2, 0) is 30.4 Å². The Kier molecular flexibility index (Phi) is 8.85. The highest BCUT2D eigenvalue weighted by atomic mass is 32.2. The van der Waals surface area contributed by atoms with E-state index in [2.05, 4.69) is 30.5 Å². The highest BCUT2D eigenvalue weighted by molar-refractivity contribution is 7.86. The van der Waals surface area contributed by atoms with E-state index >= 15 is 0 Å². The number of halogens is 1. The Hall–Kier alpha value is -5.19. The van der Waals surface area contributed by atoms with Crippen LogP contribution >= 0.6 is 0 Å². The van der Waals surface area contributed by atoms with Crippen molar-refractivity contribution in [2.24, 2.45) is 10.2 Å². The number of azo groups is 1. The molecule has 5 rings (SSSR count). The first-order chi connectivity index (χ1) is 22.3. The van der Waals surface area contributed by atoms with Crippen molar-refractivity contribution in [1.82, 2.24) is 15.0 Å². The zero-order chi connectivity index (χ0) is 35.2. The predicted octanol–water partition coefficient (Wildman–Crippen LogP) is 4.84. The molecule has 1 aromatic heterocycles. The lowest BCUT2D eigenvalue weighted by atomic mass is 10.1. The van der Waals surface area contributed by atoms with Gasteiger partial charge in [-0.25, -0.2) is 0 Å². The van der Waals surface area contributed by atoms with Crippen molar-refractivity contribution < 1.29 is 48.4 Å². The van der Waals surface area contributed by atoms with Crippen LogP contribution in [0.3, 0.4) is 0 Å². The second-order valence-corrected chi connectivity index (χ2v) is 14.2. The number of anilines is 4. The molecule has 0 spiro atoms. The van der Waals surface area contributed by atoms with Crippen LogP contribution in [0.15, 0.2) is 91.6 Å². The fourth-order valence-electron chi connectivity index (χ4n) is 4.46. The lowest BCUT2D eigenvalue weighted by Gasteiger charge is -2.18. The number of hydrogen-bond donors (Lipinski definition) is 5. The molecule has 0 saturated heterocycles. The number of aromatic hydroxyl groups is 1. The maximum atomic E-state index is 14.6. The minimum Gasteiger partial charge on any atom is -0.505 e. The smallest absolute Gasteiger partial charge is 0.315 e. The van der Waals surface area contributed by atoms with Gasteiger partial charge in [0.2, 0.25) is 11.9 Å². The lowest BCUT2D eigenvalue weighted by molar-refractivity contribution is 0.472. The summed E-state index contributed by atoms with van der Waals surface area (Å²) in [5, 5.41) is 20.4. The maximum Gasteiger partial charge on any atom is 0.315 e. The van der Waals surface area contributed by atoms with Crippen LogP contribution < -0.4 is 10.2 Å². The Bertz CT molecular complexity index is 2470. The summed E-state index contributed by atoms with van der Waals surface area (Å²) in [5.74, 6) is -1.81. The van der Waals surface area contributed by atoms with E-state index in [-0.39, 0.29) is 5.95 Å². The van der Waals surface area contributed by atoms with Gasteiger partial charge in [-0.3, -0.25) is 13.7 Å². The summed E-state index contributed by atoms with van der Waals surface area (Å²) in [6.07, 6.45) is -1.28. The molecule has 0 aliphatic heterocycles. The minimum absolute atomic E-state index is 0.216. The second-order valence-electron chi connectivity index (χ2n) is 9.98. The van der Waals surface area contributed by atoms with Crippen LogP contribution in [0, 0.1) is 13.0 Å². The van der Waals surface area contributed by atoms with Crippen LogP contribution in [0.1, 0.15) is 5.56 Å². The SMILES string of the molecule is Cc1ccc(S(=O)(=O)O)c(N=Nc2c(S(=O)(=O)O)cc3cc(S(=O)(=O)O)cc(Nc4nc(F)nc(N(C)c5ccccc5)n4)c3c2O)c1. The van der Waals surface area contributed by atoms with Gasteiger partial charge in [0, 0.05) is 18.1 Å². The average molecular weight is 720 g/mol. The van der Waals surface area contributed by atoms with E-state index in [0.717, 1.165) is 18.2 Å². The van der Waals surface area contributed by atoms with E-state index in [1.165, 1.54) is 24.1 Å². The topological polar surface area (TPSA) is 262 Å². The molecule has 17 nitrogen and oxygen atoms in total. The Morgan fingerprint density at radius 1 is 0.792 bits per heavy atom. The molecule has 0 saturated carbocycles. The number of hydrogen-bond acceptors (Lipinski definition) is 14. The van der Waals surface area contributed by atoms with Crippen LogP contribution in [0.4, 0.5) is 39.0 Å². The van der Waals surface area contributed by atoms with Crippen molar-refractivity contribution in [3.8, 4) is 5.75 Å². The largest absolute Gasteiger partial charge is 0.505 e. The molecule has 0 aliphatic rings. The summed E-state index contributed by atoms with van der Waals surface area (Å²) in [6, 6.07) is 14.2. The van der Waals surface area contributed by atoms with Gasteiger partial charge in [-0.15, -0.1) is 10.2 Å². The monoisotopic (exact) mass is 719 g/mol. The van der Waals surface area contributed by atoms with Crippen LogP contribution in [0.5, 0.6) is 5.75 Å². The van der Waals surface area contributed by atoms with Crippen LogP contribution in [-0.4, -0.2) is 66.0 Å². The molecule has 0 aliphatic carbocycles. The van der Waals surface area contributed by atoms with Gasteiger partial charge in [-0.1, -0.05) is 24.3 Å². The number of para-hydroxylation sites is 1. The first-order valence-corrected chi connectivity index (χ1v) is 17.4. The van der Waals surface area contributed by atoms with E-state index in [0.29, 0.717) is 17.3 Å². The van der Waals surface area contributed by atoms with E-state index < -0.39 is 90.7 Å². The second kappa shape index (κ2) is 12.4. The molecule has 0 bridgehead atoms. The molecule has 4 aromatic carbocycles. The quantitative estimate of drug-likeness (QED) is 0.101. The van der Waals surface area contributed by atoms with Gasteiger partial charge in [0.25, 0.3) is 30.4 Å². The van der Waals surface area contributed by atoms with Crippen molar-refractivity contribution in [3.05, 3.63) is 78.4 Å². The summed E-state index contributed by atoms with van der Waals surface area (Å²) in [5.41, 5.74) is -0.885. The summed E-state index contributed by atoms with van der Waals surface area (Å²) >= 11 is 0. The molecule has 21 heteroatoms. The average Bonchev–Trinajstić information content (AvgIpc) is 2.98. The van der Waals surface area contributed by atoms with Gasteiger partial charge in [0.15, 0.2) is 5.75 Å². The third-order valence-corrected chi connectivity index (χ3v) is 9.24. The van der Waals surface area contributed by atoms with Crippen molar-refractivity contribution >= 4 is 75.8 Å². The normalized spacial score (nSPS) is 12.5. The Labute approximate surface area is 271 Å². The maximum absolute atomic E-state index is 14.6.